The van der Waals surface area contributed by atoms with Gasteiger partial charge in [0.15, 0.2) is 0 Å². The van der Waals surface area contributed by atoms with Crippen LogP contribution < -0.4 is 5.32 Å². The van der Waals surface area contributed by atoms with Crippen molar-refractivity contribution in [3.63, 3.8) is 0 Å². The number of hydrogen-bond donors (Lipinski definition) is 1. The quantitative estimate of drug-likeness (QED) is 0.786. The molecule has 1 aliphatic rings. The summed E-state index contributed by atoms with van der Waals surface area (Å²) in [6.45, 7) is 4.31. The zero-order valence-corrected chi connectivity index (χ0v) is 10.6. The van der Waals surface area contributed by atoms with Gasteiger partial charge in [-0.25, -0.2) is 4.39 Å². The Balaban J connectivity index is 2.08. The average molecular weight is 241 g/mol. The second-order valence-electron chi connectivity index (χ2n) is 5.40. The average Bonchev–Trinajstić information content (AvgIpc) is 2.63. The minimum absolute atomic E-state index is 0.112. The molecule has 0 aliphatic carbocycles. The van der Waals surface area contributed by atoms with Crippen molar-refractivity contribution in [1.29, 1.82) is 0 Å². The molecule has 0 amide bonds. The van der Waals surface area contributed by atoms with Crippen LogP contribution in [-0.2, 0) is 5.41 Å². The number of halogens is 1. The van der Waals surface area contributed by atoms with Crippen LogP contribution in [0.2, 0.25) is 0 Å². The molecule has 2 heteroatoms. The molecule has 1 unspecified atom stereocenters. The minimum atomic E-state index is -0.169. The first kappa shape index (κ1) is 11.3. The highest BCUT2D eigenvalue weighted by Crippen LogP contribution is 2.48. The van der Waals surface area contributed by atoms with Crippen molar-refractivity contribution in [2.45, 2.75) is 25.3 Å². The Morgan fingerprint density at radius 1 is 1.06 bits per heavy atom. The highest BCUT2D eigenvalue weighted by Gasteiger charge is 2.40. The van der Waals surface area contributed by atoms with Crippen molar-refractivity contribution in [2.75, 3.05) is 5.32 Å². The van der Waals surface area contributed by atoms with Gasteiger partial charge in [-0.3, -0.25) is 0 Å². The highest BCUT2D eigenvalue weighted by molar-refractivity contribution is 5.63. The van der Waals surface area contributed by atoms with Crippen LogP contribution >= 0.6 is 0 Å². The van der Waals surface area contributed by atoms with Crippen LogP contribution in [0.15, 0.2) is 48.5 Å². The fourth-order valence-electron chi connectivity index (χ4n) is 2.81. The molecule has 2 aromatic carbocycles. The van der Waals surface area contributed by atoms with Gasteiger partial charge in [0.25, 0.3) is 0 Å². The molecule has 1 N–H and O–H groups in total. The molecule has 0 aromatic heterocycles. The van der Waals surface area contributed by atoms with E-state index < -0.39 is 0 Å². The SMILES string of the molecule is CC1(C)c2cc(F)ccc2NC1c1ccccc1. The lowest BCUT2D eigenvalue weighted by atomic mass is 9.78. The van der Waals surface area contributed by atoms with Gasteiger partial charge < -0.3 is 5.32 Å². The Morgan fingerprint density at radius 3 is 2.50 bits per heavy atom. The zero-order valence-electron chi connectivity index (χ0n) is 10.6. The summed E-state index contributed by atoms with van der Waals surface area (Å²) < 4.78 is 13.4. The van der Waals surface area contributed by atoms with Gasteiger partial charge in [0.2, 0.25) is 0 Å². The van der Waals surface area contributed by atoms with Gasteiger partial charge >= 0.3 is 0 Å². The molecule has 0 spiro atoms. The fraction of sp³-hybridized carbons (Fsp3) is 0.250. The molecule has 0 saturated carbocycles. The molecule has 2 aromatic rings. The van der Waals surface area contributed by atoms with Crippen LogP contribution in [-0.4, -0.2) is 0 Å². The van der Waals surface area contributed by atoms with Gasteiger partial charge in [0.1, 0.15) is 5.82 Å². The van der Waals surface area contributed by atoms with Gasteiger partial charge in [-0.15, -0.1) is 0 Å². The number of benzene rings is 2. The smallest absolute Gasteiger partial charge is 0.123 e. The third-order valence-electron chi connectivity index (χ3n) is 3.83. The summed E-state index contributed by atoms with van der Waals surface area (Å²) in [5.74, 6) is -0.169. The van der Waals surface area contributed by atoms with Crippen molar-refractivity contribution in [2.24, 2.45) is 0 Å². The number of anilines is 1. The van der Waals surface area contributed by atoms with E-state index in [1.165, 1.54) is 11.6 Å². The van der Waals surface area contributed by atoms with E-state index in [0.29, 0.717) is 0 Å². The topological polar surface area (TPSA) is 12.0 Å². The minimum Gasteiger partial charge on any atom is -0.377 e. The molecule has 1 nitrogen and oxygen atoms in total. The maximum absolute atomic E-state index is 13.4. The van der Waals surface area contributed by atoms with E-state index in [0.717, 1.165) is 11.3 Å². The van der Waals surface area contributed by atoms with Crippen LogP contribution in [0.25, 0.3) is 0 Å². The summed E-state index contributed by atoms with van der Waals surface area (Å²) >= 11 is 0. The molecule has 18 heavy (non-hydrogen) atoms. The summed E-state index contributed by atoms with van der Waals surface area (Å²) in [6, 6.07) is 15.5. The first-order valence-corrected chi connectivity index (χ1v) is 6.20. The largest absolute Gasteiger partial charge is 0.377 e. The summed E-state index contributed by atoms with van der Waals surface area (Å²) in [7, 11) is 0. The van der Waals surface area contributed by atoms with E-state index in [4.69, 9.17) is 0 Å². The van der Waals surface area contributed by atoms with Gasteiger partial charge in [0, 0.05) is 11.1 Å². The van der Waals surface area contributed by atoms with Crippen molar-refractivity contribution >= 4 is 5.69 Å². The Morgan fingerprint density at radius 2 is 1.78 bits per heavy atom. The van der Waals surface area contributed by atoms with E-state index in [9.17, 15) is 4.39 Å². The molecule has 3 rings (SSSR count). The first-order chi connectivity index (χ1) is 8.59. The Labute approximate surface area is 107 Å². The van der Waals surface area contributed by atoms with E-state index in [1.807, 2.05) is 24.3 Å². The van der Waals surface area contributed by atoms with Crippen LogP contribution in [0.1, 0.15) is 31.0 Å². The third kappa shape index (κ3) is 1.60. The van der Waals surface area contributed by atoms with Gasteiger partial charge in [-0.05, 0) is 29.3 Å². The first-order valence-electron chi connectivity index (χ1n) is 6.20. The van der Waals surface area contributed by atoms with E-state index in [2.05, 4.69) is 31.3 Å². The molecule has 0 fully saturated rings. The van der Waals surface area contributed by atoms with E-state index in [1.54, 1.807) is 6.07 Å². The lowest BCUT2D eigenvalue weighted by Gasteiger charge is -2.28. The third-order valence-corrected chi connectivity index (χ3v) is 3.83. The standard InChI is InChI=1S/C16H16FN/c1-16(2)13-10-12(17)8-9-14(13)18-15(16)11-6-4-3-5-7-11/h3-10,15,18H,1-2H3. The summed E-state index contributed by atoms with van der Waals surface area (Å²) in [5.41, 5.74) is 3.21. The number of rotatable bonds is 1. The van der Waals surface area contributed by atoms with Crippen LogP contribution in [0.3, 0.4) is 0 Å². The fourth-order valence-corrected chi connectivity index (χ4v) is 2.81. The monoisotopic (exact) mass is 241 g/mol. The van der Waals surface area contributed by atoms with Crippen molar-refractivity contribution in [3.8, 4) is 0 Å². The number of fused-ring (bicyclic) bond motifs is 1. The highest BCUT2D eigenvalue weighted by atomic mass is 19.1. The summed E-state index contributed by atoms with van der Waals surface area (Å²) in [4.78, 5) is 0. The summed E-state index contributed by atoms with van der Waals surface area (Å²) in [6.07, 6.45) is 0. The van der Waals surface area contributed by atoms with Crippen LogP contribution in [0.4, 0.5) is 10.1 Å². The number of hydrogen-bond acceptors (Lipinski definition) is 1. The predicted molar refractivity (Wildman–Crippen MR) is 72.2 cm³/mol. The molecule has 1 heterocycles. The van der Waals surface area contributed by atoms with E-state index in [-0.39, 0.29) is 17.3 Å². The molecule has 0 radical (unpaired) electrons. The molecule has 1 atom stereocenters. The second kappa shape index (κ2) is 3.84. The maximum Gasteiger partial charge on any atom is 0.123 e. The molecular weight excluding hydrogens is 225 g/mol. The normalized spacial score (nSPS) is 20.3. The van der Waals surface area contributed by atoms with Crippen molar-refractivity contribution in [1.82, 2.24) is 0 Å². The predicted octanol–water partition coefficient (Wildman–Crippen LogP) is 4.27. The van der Waals surface area contributed by atoms with Gasteiger partial charge in [-0.2, -0.15) is 0 Å². The molecule has 1 aliphatic heterocycles. The van der Waals surface area contributed by atoms with Crippen molar-refractivity contribution in [3.05, 3.63) is 65.5 Å². The lowest BCUT2D eigenvalue weighted by Crippen LogP contribution is -2.25. The summed E-state index contributed by atoms with van der Waals surface area (Å²) in [5, 5.41) is 3.50. The molecule has 0 bridgehead atoms. The molecular formula is C16H16FN. The van der Waals surface area contributed by atoms with Gasteiger partial charge in [-0.1, -0.05) is 44.2 Å². The molecule has 92 valence electrons. The van der Waals surface area contributed by atoms with Gasteiger partial charge in [0.05, 0.1) is 6.04 Å². The van der Waals surface area contributed by atoms with Crippen LogP contribution in [0, 0.1) is 5.82 Å². The van der Waals surface area contributed by atoms with Crippen molar-refractivity contribution < 1.29 is 4.39 Å². The van der Waals surface area contributed by atoms with Crippen LogP contribution in [0.5, 0.6) is 0 Å². The zero-order chi connectivity index (χ0) is 12.8. The second-order valence-corrected chi connectivity index (χ2v) is 5.40. The number of nitrogens with one attached hydrogen (secondary N) is 1. The Hall–Kier alpha value is -1.83. The lowest BCUT2D eigenvalue weighted by molar-refractivity contribution is 0.471. The Bertz CT molecular complexity index is 575. The Kier molecular flexibility index (Phi) is 2.40. The maximum atomic E-state index is 13.4. The molecule has 0 saturated heterocycles. The van der Waals surface area contributed by atoms with E-state index >= 15 is 0 Å².